The fraction of sp³-hybridized carbons (Fsp3) is 0.200. The minimum absolute atomic E-state index is 0.0968. The summed E-state index contributed by atoms with van der Waals surface area (Å²) in [5.41, 5.74) is 7.21. The number of nitrogens with one attached hydrogen (secondary N) is 1. The summed E-state index contributed by atoms with van der Waals surface area (Å²) < 4.78 is 24.6. The van der Waals surface area contributed by atoms with Gasteiger partial charge in [0.1, 0.15) is 19.3 Å². The van der Waals surface area contributed by atoms with Gasteiger partial charge < -0.3 is 20.5 Å². The summed E-state index contributed by atoms with van der Waals surface area (Å²) in [6, 6.07) is 12.6. The van der Waals surface area contributed by atoms with Crippen LogP contribution in [0, 0.1) is 5.82 Å². The van der Waals surface area contributed by atoms with Crippen molar-refractivity contribution in [3.05, 3.63) is 58.3 Å². The number of halogens is 2. The SMILES string of the molecule is Nc1cc(Br)c(NCOCOCc2ccccc2)cc1F. The summed E-state index contributed by atoms with van der Waals surface area (Å²) in [5.74, 6) is -0.471. The molecule has 0 saturated carbocycles. The number of nitrogens with two attached hydrogens (primary N) is 1. The first-order chi connectivity index (χ1) is 10.2. The largest absolute Gasteiger partial charge is 0.396 e. The highest BCUT2D eigenvalue weighted by atomic mass is 79.9. The number of benzene rings is 2. The molecule has 112 valence electrons. The lowest BCUT2D eigenvalue weighted by Gasteiger charge is -2.11. The van der Waals surface area contributed by atoms with Crippen molar-refractivity contribution in [2.45, 2.75) is 6.61 Å². The molecule has 0 atom stereocenters. The fourth-order valence-corrected chi connectivity index (χ4v) is 2.16. The van der Waals surface area contributed by atoms with Gasteiger partial charge in [0.05, 0.1) is 18.0 Å². The zero-order chi connectivity index (χ0) is 15.1. The van der Waals surface area contributed by atoms with Crippen LogP contribution in [-0.2, 0) is 16.1 Å². The molecule has 0 amide bonds. The molecule has 0 bridgehead atoms. The Morgan fingerprint density at radius 2 is 1.90 bits per heavy atom. The minimum atomic E-state index is -0.471. The molecule has 3 N–H and O–H groups in total. The molecule has 2 aromatic rings. The summed E-state index contributed by atoms with van der Waals surface area (Å²) in [6.07, 6.45) is 0. The van der Waals surface area contributed by atoms with Crippen LogP contribution in [0.2, 0.25) is 0 Å². The van der Waals surface area contributed by atoms with E-state index in [0.29, 0.717) is 16.8 Å². The van der Waals surface area contributed by atoms with Crippen LogP contribution in [0.15, 0.2) is 46.9 Å². The molecule has 0 aliphatic carbocycles. The molecule has 0 radical (unpaired) electrons. The van der Waals surface area contributed by atoms with E-state index in [1.807, 2.05) is 30.3 Å². The second-order valence-electron chi connectivity index (χ2n) is 4.33. The minimum Gasteiger partial charge on any atom is -0.396 e. The number of hydrogen-bond acceptors (Lipinski definition) is 4. The van der Waals surface area contributed by atoms with E-state index in [4.69, 9.17) is 15.2 Å². The van der Waals surface area contributed by atoms with E-state index in [2.05, 4.69) is 21.2 Å². The predicted octanol–water partition coefficient (Wildman–Crippen LogP) is 3.73. The Labute approximate surface area is 131 Å². The van der Waals surface area contributed by atoms with Crippen molar-refractivity contribution >= 4 is 27.3 Å². The van der Waals surface area contributed by atoms with E-state index in [0.717, 1.165) is 5.56 Å². The topological polar surface area (TPSA) is 56.5 Å². The Kier molecular flexibility index (Phi) is 5.98. The molecule has 0 spiro atoms. The van der Waals surface area contributed by atoms with Crippen molar-refractivity contribution in [1.82, 2.24) is 0 Å². The number of nitrogen functional groups attached to an aromatic ring is 1. The summed E-state index contributed by atoms with van der Waals surface area (Å²) in [6.45, 7) is 0.842. The van der Waals surface area contributed by atoms with Gasteiger partial charge in [-0.2, -0.15) is 0 Å². The summed E-state index contributed by atoms with van der Waals surface area (Å²) in [7, 11) is 0. The normalized spacial score (nSPS) is 10.6. The van der Waals surface area contributed by atoms with Crippen LogP contribution in [0.5, 0.6) is 0 Å². The smallest absolute Gasteiger partial charge is 0.149 e. The summed E-state index contributed by atoms with van der Waals surface area (Å²) in [5, 5.41) is 2.94. The zero-order valence-electron chi connectivity index (χ0n) is 11.3. The first-order valence-corrected chi connectivity index (χ1v) is 7.14. The quantitative estimate of drug-likeness (QED) is 0.451. The van der Waals surface area contributed by atoms with Crippen molar-refractivity contribution in [2.24, 2.45) is 0 Å². The molecule has 0 heterocycles. The molecule has 0 aromatic heterocycles. The Hall–Kier alpha value is -1.63. The van der Waals surface area contributed by atoms with Crippen LogP contribution in [0.3, 0.4) is 0 Å². The maximum absolute atomic E-state index is 13.3. The molecule has 0 fully saturated rings. The summed E-state index contributed by atoms with van der Waals surface area (Å²) >= 11 is 3.30. The van der Waals surface area contributed by atoms with Gasteiger partial charge in [0.2, 0.25) is 0 Å². The lowest BCUT2D eigenvalue weighted by Crippen LogP contribution is -2.10. The van der Waals surface area contributed by atoms with Crippen molar-refractivity contribution < 1.29 is 13.9 Å². The third kappa shape index (κ3) is 5.00. The van der Waals surface area contributed by atoms with E-state index in [1.165, 1.54) is 12.1 Å². The molecule has 0 saturated heterocycles. The Bertz CT molecular complexity index is 581. The second-order valence-corrected chi connectivity index (χ2v) is 5.19. The van der Waals surface area contributed by atoms with Crippen LogP contribution < -0.4 is 11.1 Å². The first-order valence-electron chi connectivity index (χ1n) is 6.34. The number of ether oxygens (including phenoxy) is 2. The number of anilines is 2. The maximum Gasteiger partial charge on any atom is 0.149 e. The number of hydrogen-bond donors (Lipinski definition) is 2. The average molecular weight is 355 g/mol. The van der Waals surface area contributed by atoms with Crippen LogP contribution in [0.4, 0.5) is 15.8 Å². The second kappa shape index (κ2) is 7.97. The third-order valence-electron chi connectivity index (χ3n) is 2.73. The van der Waals surface area contributed by atoms with E-state index in [1.54, 1.807) is 0 Å². The van der Waals surface area contributed by atoms with Gasteiger partial charge >= 0.3 is 0 Å². The lowest BCUT2D eigenvalue weighted by atomic mass is 10.2. The van der Waals surface area contributed by atoms with Crippen LogP contribution >= 0.6 is 15.9 Å². The van der Waals surface area contributed by atoms with E-state index in [-0.39, 0.29) is 19.2 Å². The van der Waals surface area contributed by atoms with Gasteiger partial charge in [0.15, 0.2) is 0 Å². The van der Waals surface area contributed by atoms with E-state index < -0.39 is 5.82 Å². The monoisotopic (exact) mass is 354 g/mol. The molecule has 0 unspecified atom stereocenters. The lowest BCUT2D eigenvalue weighted by molar-refractivity contribution is -0.0554. The molecule has 0 aliphatic rings. The molecule has 21 heavy (non-hydrogen) atoms. The van der Waals surface area contributed by atoms with Gasteiger partial charge in [-0.3, -0.25) is 0 Å². The molecule has 6 heteroatoms. The van der Waals surface area contributed by atoms with E-state index >= 15 is 0 Å². The third-order valence-corrected chi connectivity index (χ3v) is 3.39. The average Bonchev–Trinajstić information content (AvgIpc) is 2.49. The highest BCUT2D eigenvalue weighted by molar-refractivity contribution is 9.10. The Balaban J connectivity index is 1.67. The van der Waals surface area contributed by atoms with Gasteiger partial charge in [-0.1, -0.05) is 30.3 Å². The van der Waals surface area contributed by atoms with Crippen LogP contribution in [-0.4, -0.2) is 13.5 Å². The number of rotatable bonds is 7. The van der Waals surface area contributed by atoms with Gasteiger partial charge in [-0.05, 0) is 27.6 Å². The van der Waals surface area contributed by atoms with Crippen molar-refractivity contribution in [3.63, 3.8) is 0 Å². The van der Waals surface area contributed by atoms with Crippen LogP contribution in [0.25, 0.3) is 0 Å². The van der Waals surface area contributed by atoms with Gasteiger partial charge in [0.25, 0.3) is 0 Å². The molecular weight excluding hydrogens is 339 g/mol. The van der Waals surface area contributed by atoms with Crippen molar-refractivity contribution in [3.8, 4) is 0 Å². The first kappa shape index (κ1) is 15.8. The fourth-order valence-electron chi connectivity index (χ4n) is 1.66. The van der Waals surface area contributed by atoms with Crippen molar-refractivity contribution in [2.75, 3.05) is 24.6 Å². The van der Waals surface area contributed by atoms with Gasteiger partial charge in [-0.25, -0.2) is 4.39 Å². The highest BCUT2D eigenvalue weighted by Gasteiger charge is 2.05. The standard InChI is InChI=1S/C15H16BrFN2O2/c16-12-6-14(18)13(17)7-15(12)19-9-21-10-20-8-11-4-2-1-3-5-11/h1-7,19H,8-10,18H2. The van der Waals surface area contributed by atoms with Crippen molar-refractivity contribution in [1.29, 1.82) is 0 Å². The molecule has 0 aliphatic heterocycles. The van der Waals surface area contributed by atoms with E-state index in [9.17, 15) is 4.39 Å². The molecule has 4 nitrogen and oxygen atoms in total. The highest BCUT2D eigenvalue weighted by Crippen LogP contribution is 2.27. The Morgan fingerprint density at radius 1 is 1.14 bits per heavy atom. The summed E-state index contributed by atoms with van der Waals surface area (Å²) in [4.78, 5) is 0. The molecular formula is C15H16BrFN2O2. The Morgan fingerprint density at radius 3 is 2.67 bits per heavy atom. The predicted molar refractivity (Wildman–Crippen MR) is 84.2 cm³/mol. The van der Waals surface area contributed by atoms with Crippen LogP contribution in [0.1, 0.15) is 5.56 Å². The molecule has 2 aromatic carbocycles. The zero-order valence-corrected chi connectivity index (χ0v) is 12.9. The van der Waals surface area contributed by atoms with Gasteiger partial charge in [-0.15, -0.1) is 0 Å². The maximum atomic E-state index is 13.3. The van der Waals surface area contributed by atoms with Gasteiger partial charge in [0, 0.05) is 10.5 Å². The molecule has 2 rings (SSSR count).